The number of hydrogen-bond donors (Lipinski definition) is 0. The van der Waals surface area contributed by atoms with E-state index in [1.165, 1.54) is 17.0 Å². The highest BCUT2D eigenvalue weighted by molar-refractivity contribution is 6.30. The van der Waals surface area contributed by atoms with Gasteiger partial charge in [0.25, 0.3) is 5.91 Å². The smallest absolute Gasteiger partial charge is 0.406 e. The maximum atomic E-state index is 13.0. The molecule has 33 heavy (non-hydrogen) atoms. The van der Waals surface area contributed by atoms with Crippen LogP contribution in [0.25, 0.3) is 11.3 Å². The predicted molar refractivity (Wildman–Crippen MR) is 116 cm³/mol. The van der Waals surface area contributed by atoms with Crippen LogP contribution in [0.2, 0.25) is 5.02 Å². The molecule has 170 valence electrons. The van der Waals surface area contributed by atoms with E-state index in [0.717, 1.165) is 28.2 Å². The summed E-state index contributed by atoms with van der Waals surface area (Å²) < 4.78 is 41.0. The fraction of sp³-hybridized carbons (Fsp3) is 0.174. The molecule has 10 heteroatoms. The maximum absolute atomic E-state index is 13.0. The Hall–Kier alpha value is -3.59. The summed E-state index contributed by atoms with van der Waals surface area (Å²) in [5.74, 6) is -0.922. The van der Waals surface area contributed by atoms with E-state index in [4.69, 9.17) is 11.6 Å². The minimum Gasteiger partial charge on any atom is -0.406 e. The fourth-order valence-electron chi connectivity index (χ4n) is 3.52. The molecule has 3 amide bonds. The Kier molecular flexibility index (Phi) is 5.99. The van der Waals surface area contributed by atoms with Crippen LogP contribution < -0.4 is 9.64 Å². The Morgan fingerprint density at radius 1 is 1.06 bits per heavy atom. The lowest BCUT2D eigenvalue weighted by molar-refractivity contribution is -0.274. The molecule has 1 aliphatic heterocycles. The number of carbonyl (C=O) groups excluding carboxylic acids is 2. The minimum atomic E-state index is -4.83. The van der Waals surface area contributed by atoms with E-state index in [1.54, 1.807) is 37.4 Å². The molecule has 1 unspecified atom stereocenters. The molecule has 0 spiro atoms. The van der Waals surface area contributed by atoms with Gasteiger partial charge in [-0.15, -0.1) is 13.2 Å². The lowest BCUT2D eigenvalue weighted by atomic mass is 10.1. The zero-order chi connectivity index (χ0) is 23.8. The second-order valence-corrected chi connectivity index (χ2v) is 7.80. The number of anilines is 1. The fourth-order valence-corrected chi connectivity index (χ4v) is 3.71. The second-order valence-electron chi connectivity index (χ2n) is 7.36. The van der Waals surface area contributed by atoms with Gasteiger partial charge in [-0.2, -0.15) is 0 Å². The van der Waals surface area contributed by atoms with Crippen molar-refractivity contribution in [3.8, 4) is 17.0 Å². The highest BCUT2D eigenvalue weighted by atomic mass is 35.5. The molecule has 0 radical (unpaired) electrons. The van der Waals surface area contributed by atoms with Crippen molar-refractivity contribution in [2.45, 2.75) is 25.9 Å². The summed E-state index contributed by atoms with van der Waals surface area (Å²) in [6.07, 6.45) is -3.23. The van der Waals surface area contributed by atoms with Crippen molar-refractivity contribution < 1.29 is 27.5 Å². The van der Waals surface area contributed by atoms with Gasteiger partial charge < -0.3 is 9.64 Å². The highest BCUT2D eigenvalue weighted by Gasteiger charge is 2.43. The van der Waals surface area contributed by atoms with Gasteiger partial charge in [-0.1, -0.05) is 23.7 Å². The number of imide groups is 1. The van der Waals surface area contributed by atoms with Crippen LogP contribution >= 0.6 is 11.6 Å². The van der Waals surface area contributed by atoms with Gasteiger partial charge in [0, 0.05) is 23.3 Å². The number of rotatable bonds is 5. The molecule has 1 saturated heterocycles. The summed E-state index contributed by atoms with van der Waals surface area (Å²) in [4.78, 5) is 32.5. The molecule has 2 heterocycles. The molecule has 0 N–H and O–H groups in total. The quantitative estimate of drug-likeness (QED) is 0.447. The molecule has 4 rings (SSSR count). The summed E-state index contributed by atoms with van der Waals surface area (Å²) in [5, 5.41) is 0.566. The lowest BCUT2D eigenvalue weighted by Gasteiger charge is -2.20. The van der Waals surface area contributed by atoms with Crippen molar-refractivity contribution in [1.29, 1.82) is 0 Å². The van der Waals surface area contributed by atoms with E-state index in [9.17, 15) is 22.8 Å². The second kappa shape index (κ2) is 8.74. The van der Waals surface area contributed by atoms with Crippen LogP contribution in [0.3, 0.4) is 0 Å². The van der Waals surface area contributed by atoms with E-state index in [0.29, 0.717) is 10.7 Å². The number of ether oxygens (including phenoxy) is 1. The van der Waals surface area contributed by atoms with Gasteiger partial charge in [-0.25, -0.2) is 9.69 Å². The highest BCUT2D eigenvalue weighted by Crippen LogP contribution is 2.30. The van der Waals surface area contributed by atoms with Crippen molar-refractivity contribution in [2.75, 3.05) is 4.90 Å². The number of alkyl halides is 3. The van der Waals surface area contributed by atoms with E-state index in [1.807, 2.05) is 12.1 Å². The van der Waals surface area contributed by atoms with Gasteiger partial charge in [-0.05, 0) is 61.0 Å². The van der Waals surface area contributed by atoms with Crippen molar-refractivity contribution in [3.63, 3.8) is 0 Å². The van der Waals surface area contributed by atoms with E-state index in [2.05, 4.69) is 9.72 Å². The molecule has 0 bridgehead atoms. The maximum Gasteiger partial charge on any atom is 0.573 e. The van der Waals surface area contributed by atoms with Crippen LogP contribution in [-0.4, -0.2) is 34.2 Å². The van der Waals surface area contributed by atoms with Crippen molar-refractivity contribution in [2.24, 2.45) is 0 Å². The third kappa shape index (κ3) is 4.93. The third-order valence-corrected chi connectivity index (χ3v) is 5.34. The lowest BCUT2D eigenvalue weighted by Crippen LogP contribution is -2.33. The summed E-state index contributed by atoms with van der Waals surface area (Å²) in [6, 6.07) is 14.0. The monoisotopic (exact) mass is 475 g/mol. The van der Waals surface area contributed by atoms with Crippen molar-refractivity contribution in [1.82, 2.24) is 9.88 Å². The Bertz CT molecular complexity index is 1200. The third-order valence-electron chi connectivity index (χ3n) is 5.11. The first-order valence-electron chi connectivity index (χ1n) is 9.83. The molecule has 1 aromatic heterocycles. The van der Waals surface area contributed by atoms with Crippen LogP contribution in [-0.2, 0) is 11.3 Å². The summed E-state index contributed by atoms with van der Waals surface area (Å²) in [6.45, 7) is 1.74. The number of aromatic nitrogens is 1. The minimum absolute atomic E-state index is 0.146. The van der Waals surface area contributed by atoms with E-state index in [-0.39, 0.29) is 12.2 Å². The van der Waals surface area contributed by atoms with Gasteiger partial charge in [0.2, 0.25) is 0 Å². The zero-order valence-corrected chi connectivity index (χ0v) is 18.0. The zero-order valence-electron chi connectivity index (χ0n) is 17.2. The molecule has 0 saturated carbocycles. The molecule has 0 aliphatic carbocycles. The number of carbonyl (C=O) groups is 2. The van der Waals surface area contributed by atoms with Crippen LogP contribution in [0.4, 0.5) is 23.7 Å². The average Bonchev–Trinajstić information content (AvgIpc) is 2.97. The number of urea groups is 1. The number of pyridine rings is 1. The van der Waals surface area contributed by atoms with Crippen LogP contribution in [0, 0.1) is 0 Å². The van der Waals surface area contributed by atoms with Crippen LogP contribution in [0.15, 0.2) is 66.9 Å². The Balaban J connectivity index is 1.54. The largest absolute Gasteiger partial charge is 0.573 e. The molecule has 1 aliphatic rings. The van der Waals surface area contributed by atoms with E-state index >= 15 is 0 Å². The number of nitrogens with zero attached hydrogens (tertiary/aromatic N) is 3. The number of amides is 3. The first-order chi connectivity index (χ1) is 15.6. The first kappa shape index (κ1) is 22.6. The Labute approximate surface area is 192 Å². The summed E-state index contributed by atoms with van der Waals surface area (Å²) in [5.41, 5.74) is 2.38. The molecular formula is C23H17ClF3N3O3. The van der Waals surface area contributed by atoms with Crippen molar-refractivity contribution in [3.05, 3.63) is 77.4 Å². The molecule has 3 aromatic rings. The van der Waals surface area contributed by atoms with Crippen LogP contribution in [0.1, 0.15) is 12.5 Å². The summed E-state index contributed by atoms with van der Waals surface area (Å²) in [7, 11) is 0. The molecule has 1 fully saturated rings. The molecule has 6 nitrogen and oxygen atoms in total. The van der Waals surface area contributed by atoms with Gasteiger partial charge in [-0.3, -0.25) is 9.78 Å². The molecule has 2 aromatic carbocycles. The standard InChI is InChI=1S/C23H17ClF3N3O3/c1-14-21(31)30(18-5-7-19(8-6-18)33-23(25,26)27)22(32)29(14)13-15-9-10-28-20(11-15)16-3-2-4-17(24)12-16/h2-12,14H,13H2,1H3. The number of hydrogen-bond acceptors (Lipinski definition) is 4. The Morgan fingerprint density at radius 2 is 1.79 bits per heavy atom. The van der Waals surface area contributed by atoms with Gasteiger partial charge in [0.05, 0.1) is 11.4 Å². The van der Waals surface area contributed by atoms with Crippen LogP contribution in [0.5, 0.6) is 5.75 Å². The SMILES string of the molecule is CC1C(=O)N(c2ccc(OC(F)(F)F)cc2)C(=O)N1Cc1ccnc(-c2cccc(Cl)c2)c1. The van der Waals surface area contributed by atoms with Crippen molar-refractivity contribution >= 4 is 29.2 Å². The number of halogens is 4. The molecular weight excluding hydrogens is 459 g/mol. The predicted octanol–water partition coefficient (Wildman–Crippen LogP) is 5.66. The molecule has 1 atom stereocenters. The average molecular weight is 476 g/mol. The topological polar surface area (TPSA) is 62.7 Å². The van der Waals surface area contributed by atoms with Gasteiger partial charge in [0.1, 0.15) is 11.8 Å². The normalized spacial score (nSPS) is 16.5. The van der Waals surface area contributed by atoms with Gasteiger partial charge >= 0.3 is 12.4 Å². The van der Waals surface area contributed by atoms with Gasteiger partial charge in [0.15, 0.2) is 0 Å². The summed E-state index contributed by atoms with van der Waals surface area (Å²) >= 11 is 6.05. The number of benzene rings is 2. The van der Waals surface area contributed by atoms with E-state index < -0.39 is 30.1 Å². The first-order valence-corrected chi connectivity index (χ1v) is 10.2. The Morgan fingerprint density at radius 3 is 2.45 bits per heavy atom.